The standard InChI is InChI=1S/C15H23N3O2/c1-3-16-14-8-4-7-13(17-14)15(19)18(2)10-12-6-5-9-20-11-12/h4,7-8,12H,3,5-6,9-11H2,1-2H3,(H,16,17). The molecule has 0 radical (unpaired) electrons. The maximum atomic E-state index is 12.4. The number of carbonyl (C=O) groups excluding carboxylic acids is 1. The van der Waals surface area contributed by atoms with E-state index in [-0.39, 0.29) is 5.91 Å². The van der Waals surface area contributed by atoms with Crippen molar-refractivity contribution < 1.29 is 9.53 Å². The van der Waals surface area contributed by atoms with Crippen molar-refractivity contribution in [1.29, 1.82) is 0 Å². The molecule has 0 aliphatic carbocycles. The summed E-state index contributed by atoms with van der Waals surface area (Å²) in [7, 11) is 1.83. The molecular weight excluding hydrogens is 254 g/mol. The van der Waals surface area contributed by atoms with Gasteiger partial charge in [-0.2, -0.15) is 0 Å². The maximum absolute atomic E-state index is 12.4. The van der Waals surface area contributed by atoms with Gasteiger partial charge in [0.1, 0.15) is 11.5 Å². The highest BCUT2D eigenvalue weighted by molar-refractivity contribution is 5.92. The number of anilines is 1. The second kappa shape index (κ2) is 7.24. The van der Waals surface area contributed by atoms with E-state index in [1.807, 2.05) is 26.1 Å². The molecule has 1 aliphatic heterocycles. The molecule has 1 fully saturated rings. The second-order valence-electron chi connectivity index (χ2n) is 5.21. The normalized spacial score (nSPS) is 18.6. The number of aromatic nitrogens is 1. The van der Waals surface area contributed by atoms with Crippen LogP contribution in [0, 0.1) is 5.92 Å². The minimum atomic E-state index is -0.0321. The van der Waals surface area contributed by atoms with Crippen molar-refractivity contribution in [2.75, 3.05) is 38.7 Å². The van der Waals surface area contributed by atoms with Crippen molar-refractivity contribution in [2.45, 2.75) is 19.8 Å². The van der Waals surface area contributed by atoms with Crippen LogP contribution in [-0.2, 0) is 4.74 Å². The number of nitrogens with one attached hydrogen (secondary N) is 1. The van der Waals surface area contributed by atoms with Gasteiger partial charge in [-0.05, 0) is 37.8 Å². The number of amides is 1. The summed E-state index contributed by atoms with van der Waals surface area (Å²) in [6, 6.07) is 5.49. The maximum Gasteiger partial charge on any atom is 0.272 e. The van der Waals surface area contributed by atoms with Crippen LogP contribution in [0.4, 0.5) is 5.82 Å². The third-order valence-corrected chi connectivity index (χ3v) is 3.46. The van der Waals surface area contributed by atoms with Gasteiger partial charge in [0, 0.05) is 26.7 Å². The lowest BCUT2D eigenvalue weighted by Crippen LogP contribution is -2.35. The van der Waals surface area contributed by atoms with Gasteiger partial charge < -0.3 is 15.0 Å². The van der Waals surface area contributed by atoms with E-state index >= 15 is 0 Å². The lowest BCUT2D eigenvalue weighted by Gasteiger charge is -2.27. The molecule has 5 nitrogen and oxygen atoms in total. The summed E-state index contributed by atoms with van der Waals surface area (Å²) < 4.78 is 5.46. The summed E-state index contributed by atoms with van der Waals surface area (Å²) in [6.45, 7) is 5.13. The SMILES string of the molecule is CCNc1cccc(C(=O)N(C)CC2CCCOC2)n1. The van der Waals surface area contributed by atoms with E-state index in [9.17, 15) is 4.79 Å². The Bertz CT molecular complexity index is 444. The predicted molar refractivity (Wildman–Crippen MR) is 78.9 cm³/mol. The van der Waals surface area contributed by atoms with Crippen molar-refractivity contribution >= 4 is 11.7 Å². The van der Waals surface area contributed by atoms with Crippen molar-refractivity contribution in [1.82, 2.24) is 9.88 Å². The number of hydrogen-bond donors (Lipinski definition) is 1. The second-order valence-corrected chi connectivity index (χ2v) is 5.21. The largest absolute Gasteiger partial charge is 0.381 e. The van der Waals surface area contributed by atoms with Crippen molar-refractivity contribution in [3.8, 4) is 0 Å². The Hall–Kier alpha value is -1.62. The molecule has 0 saturated carbocycles. The molecule has 1 aromatic rings. The molecule has 1 amide bonds. The summed E-state index contributed by atoms with van der Waals surface area (Å²) in [5, 5.41) is 3.12. The smallest absolute Gasteiger partial charge is 0.272 e. The Morgan fingerprint density at radius 2 is 2.40 bits per heavy atom. The minimum absolute atomic E-state index is 0.0321. The first kappa shape index (κ1) is 14.8. The van der Waals surface area contributed by atoms with E-state index in [2.05, 4.69) is 10.3 Å². The number of rotatable bonds is 5. The lowest BCUT2D eigenvalue weighted by molar-refractivity contribution is 0.0387. The van der Waals surface area contributed by atoms with Gasteiger partial charge in [0.05, 0.1) is 6.61 Å². The summed E-state index contributed by atoms with van der Waals surface area (Å²) >= 11 is 0. The first-order chi connectivity index (χ1) is 9.70. The third kappa shape index (κ3) is 3.93. The van der Waals surface area contributed by atoms with Gasteiger partial charge in [-0.15, -0.1) is 0 Å². The minimum Gasteiger partial charge on any atom is -0.381 e. The molecule has 0 spiro atoms. The van der Waals surface area contributed by atoms with Gasteiger partial charge in [0.15, 0.2) is 0 Å². The van der Waals surface area contributed by atoms with Crippen LogP contribution in [0.2, 0.25) is 0 Å². The predicted octanol–water partition coefficient (Wildman–Crippen LogP) is 2.01. The Morgan fingerprint density at radius 1 is 1.55 bits per heavy atom. The average molecular weight is 277 g/mol. The third-order valence-electron chi connectivity index (χ3n) is 3.46. The zero-order valence-corrected chi connectivity index (χ0v) is 12.3. The van der Waals surface area contributed by atoms with E-state index in [0.29, 0.717) is 11.6 Å². The van der Waals surface area contributed by atoms with E-state index in [4.69, 9.17) is 4.74 Å². The van der Waals surface area contributed by atoms with E-state index in [1.54, 1.807) is 11.0 Å². The lowest BCUT2D eigenvalue weighted by atomic mass is 10.0. The molecular formula is C15H23N3O2. The zero-order valence-electron chi connectivity index (χ0n) is 12.3. The van der Waals surface area contributed by atoms with E-state index < -0.39 is 0 Å². The number of ether oxygens (including phenoxy) is 1. The number of carbonyl (C=O) groups is 1. The van der Waals surface area contributed by atoms with Gasteiger partial charge in [-0.1, -0.05) is 6.07 Å². The molecule has 1 atom stereocenters. The molecule has 5 heteroatoms. The molecule has 0 aromatic carbocycles. The van der Waals surface area contributed by atoms with Crippen LogP contribution in [0.5, 0.6) is 0 Å². The highest BCUT2D eigenvalue weighted by atomic mass is 16.5. The van der Waals surface area contributed by atoms with Crippen LogP contribution in [-0.4, -0.2) is 49.1 Å². The summed E-state index contributed by atoms with van der Waals surface area (Å²) in [5.74, 6) is 1.15. The first-order valence-electron chi connectivity index (χ1n) is 7.25. The Kier molecular flexibility index (Phi) is 5.35. The van der Waals surface area contributed by atoms with Crippen molar-refractivity contribution in [3.05, 3.63) is 23.9 Å². The summed E-state index contributed by atoms with van der Waals surface area (Å²) in [5.41, 5.74) is 0.489. The molecule has 1 saturated heterocycles. The van der Waals surface area contributed by atoms with Gasteiger partial charge in [-0.25, -0.2) is 4.98 Å². The number of nitrogens with zero attached hydrogens (tertiary/aromatic N) is 2. The highest BCUT2D eigenvalue weighted by Crippen LogP contribution is 2.15. The topological polar surface area (TPSA) is 54.5 Å². The molecule has 1 N–H and O–H groups in total. The number of pyridine rings is 1. The Morgan fingerprint density at radius 3 is 3.10 bits per heavy atom. The molecule has 20 heavy (non-hydrogen) atoms. The van der Waals surface area contributed by atoms with Crippen LogP contribution < -0.4 is 5.32 Å². The molecule has 110 valence electrons. The summed E-state index contributed by atoms with van der Waals surface area (Å²) in [4.78, 5) is 18.5. The Labute approximate surface area is 120 Å². The quantitative estimate of drug-likeness (QED) is 0.894. The van der Waals surface area contributed by atoms with Crippen LogP contribution >= 0.6 is 0 Å². The highest BCUT2D eigenvalue weighted by Gasteiger charge is 2.20. The van der Waals surface area contributed by atoms with E-state index in [1.165, 1.54) is 0 Å². The van der Waals surface area contributed by atoms with Gasteiger partial charge >= 0.3 is 0 Å². The molecule has 1 aliphatic rings. The first-order valence-corrected chi connectivity index (χ1v) is 7.25. The summed E-state index contributed by atoms with van der Waals surface area (Å²) in [6.07, 6.45) is 2.21. The van der Waals surface area contributed by atoms with Crippen LogP contribution in [0.15, 0.2) is 18.2 Å². The van der Waals surface area contributed by atoms with Crippen LogP contribution in [0.1, 0.15) is 30.3 Å². The van der Waals surface area contributed by atoms with Gasteiger partial charge in [-0.3, -0.25) is 4.79 Å². The fourth-order valence-corrected chi connectivity index (χ4v) is 2.45. The van der Waals surface area contributed by atoms with Gasteiger partial charge in [0.25, 0.3) is 5.91 Å². The van der Waals surface area contributed by atoms with Crippen LogP contribution in [0.25, 0.3) is 0 Å². The molecule has 1 unspecified atom stereocenters. The Balaban J connectivity index is 1.96. The van der Waals surface area contributed by atoms with Crippen molar-refractivity contribution in [2.24, 2.45) is 5.92 Å². The monoisotopic (exact) mass is 277 g/mol. The van der Waals surface area contributed by atoms with E-state index in [0.717, 1.165) is 45.0 Å². The van der Waals surface area contributed by atoms with Crippen molar-refractivity contribution in [3.63, 3.8) is 0 Å². The molecule has 2 heterocycles. The molecule has 0 bridgehead atoms. The van der Waals surface area contributed by atoms with Gasteiger partial charge in [0.2, 0.25) is 0 Å². The fourth-order valence-electron chi connectivity index (χ4n) is 2.45. The average Bonchev–Trinajstić information content (AvgIpc) is 2.48. The molecule has 1 aromatic heterocycles. The fraction of sp³-hybridized carbons (Fsp3) is 0.600. The number of hydrogen-bond acceptors (Lipinski definition) is 4. The van der Waals surface area contributed by atoms with Crippen LogP contribution in [0.3, 0.4) is 0 Å². The zero-order chi connectivity index (χ0) is 14.4. The molecule has 2 rings (SSSR count).